The maximum absolute atomic E-state index is 10.3. The van der Waals surface area contributed by atoms with Crippen LogP contribution in [-0.2, 0) is 0 Å². The predicted molar refractivity (Wildman–Crippen MR) is 36.4 cm³/mol. The van der Waals surface area contributed by atoms with Crippen molar-refractivity contribution in [3.05, 3.63) is 0 Å². The van der Waals surface area contributed by atoms with Crippen LogP contribution < -0.4 is 11.1 Å². The van der Waals surface area contributed by atoms with Crippen LogP contribution in [0.4, 0.5) is 4.79 Å². The molecule has 1 fully saturated rings. The predicted octanol–water partition coefficient (Wildman–Crippen LogP) is -0.432. The van der Waals surface area contributed by atoms with Crippen LogP contribution in [-0.4, -0.2) is 23.3 Å². The minimum Gasteiger partial charge on any atom is -0.393 e. The van der Waals surface area contributed by atoms with E-state index in [1.54, 1.807) is 0 Å². The zero-order valence-electron chi connectivity index (χ0n) is 5.71. The van der Waals surface area contributed by atoms with Crippen LogP contribution in [0, 0.1) is 0 Å². The quantitative estimate of drug-likeness (QED) is 0.467. The number of nitrogens with one attached hydrogen (secondary N) is 1. The van der Waals surface area contributed by atoms with Crippen molar-refractivity contribution in [2.45, 2.75) is 31.4 Å². The first-order chi connectivity index (χ1) is 4.68. The highest BCUT2D eigenvalue weighted by Crippen LogP contribution is 2.18. The van der Waals surface area contributed by atoms with Crippen molar-refractivity contribution in [1.82, 2.24) is 5.32 Å². The third kappa shape index (κ3) is 1.88. The lowest BCUT2D eigenvalue weighted by molar-refractivity contribution is 0.179. The summed E-state index contributed by atoms with van der Waals surface area (Å²) in [6.07, 6.45) is 2.00. The molecule has 2 amide bonds. The number of carbonyl (C=O) groups excluding carboxylic acids is 1. The standard InChI is InChI=1S/C6H12N2O2/c7-6(10)8-4-1-2-5(9)3-4/h4-5,9H,1-3H2,(H3,7,8,10). The average Bonchev–Trinajstić information content (AvgIpc) is 2.13. The van der Waals surface area contributed by atoms with Crippen LogP contribution in [0.25, 0.3) is 0 Å². The molecule has 58 valence electrons. The molecule has 1 saturated carbocycles. The molecule has 0 spiro atoms. The van der Waals surface area contributed by atoms with E-state index < -0.39 is 6.03 Å². The highest BCUT2D eigenvalue weighted by atomic mass is 16.3. The van der Waals surface area contributed by atoms with Gasteiger partial charge in [0, 0.05) is 6.04 Å². The molecule has 0 heterocycles. The van der Waals surface area contributed by atoms with Gasteiger partial charge in [-0.2, -0.15) is 0 Å². The van der Waals surface area contributed by atoms with Gasteiger partial charge in [-0.15, -0.1) is 0 Å². The number of aliphatic hydroxyl groups is 1. The van der Waals surface area contributed by atoms with Gasteiger partial charge in [0.2, 0.25) is 0 Å². The van der Waals surface area contributed by atoms with Gasteiger partial charge in [0.25, 0.3) is 0 Å². The maximum Gasteiger partial charge on any atom is 0.312 e. The fourth-order valence-electron chi connectivity index (χ4n) is 1.29. The summed E-state index contributed by atoms with van der Waals surface area (Å²) in [5.74, 6) is 0. The molecule has 10 heavy (non-hydrogen) atoms. The Bertz CT molecular complexity index is 138. The van der Waals surface area contributed by atoms with Crippen molar-refractivity contribution in [3.63, 3.8) is 0 Å². The highest BCUT2D eigenvalue weighted by Gasteiger charge is 2.22. The Kier molecular flexibility index (Phi) is 2.11. The number of amides is 2. The number of hydrogen-bond donors (Lipinski definition) is 3. The smallest absolute Gasteiger partial charge is 0.312 e. The number of primary amides is 1. The Hall–Kier alpha value is -0.770. The van der Waals surface area contributed by atoms with Crippen molar-refractivity contribution in [2.75, 3.05) is 0 Å². The fraction of sp³-hybridized carbons (Fsp3) is 0.833. The minimum absolute atomic E-state index is 0.0903. The molecule has 0 radical (unpaired) electrons. The summed E-state index contributed by atoms with van der Waals surface area (Å²) in [6, 6.07) is -0.411. The van der Waals surface area contributed by atoms with E-state index in [1.807, 2.05) is 0 Å². The average molecular weight is 144 g/mol. The lowest BCUT2D eigenvalue weighted by atomic mass is 10.2. The van der Waals surface area contributed by atoms with Gasteiger partial charge in [0.1, 0.15) is 0 Å². The summed E-state index contributed by atoms with van der Waals surface area (Å²) < 4.78 is 0. The van der Waals surface area contributed by atoms with E-state index in [4.69, 9.17) is 10.8 Å². The molecular formula is C6H12N2O2. The van der Waals surface area contributed by atoms with E-state index in [2.05, 4.69) is 5.32 Å². The lowest BCUT2D eigenvalue weighted by Gasteiger charge is -2.08. The van der Waals surface area contributed by atoms with Gasteiger partial charge in [-0.1, -0.05) is 0 Å². The zero-order valence-corrected chi connectivity index (χ0v) is 5.71. The molecule has 0 aromatic heterocycles. The highest BCUT2D eigenvalue weighted by molar-refractivity contribution is 5.71. The topological polar surface area (TPSA) is 75.4 Å². The fourth-order valence-corrected chi connectivity index (χ4v) is 1.29. The summed E-state index contributed by atoms with van der Waals surface area (Å²) in [6.45, 7) is 0. The summed E-state index contributed by atoms with van der Waals surface area (Å²) in [4.78, 5) is 10.3. The van der Waals surface area contributed by atoms with E-state index in [-0.39, 0.29) is 12.1 Å². The van der Waals surface area contributed by atoms with Gasteiger partial charge in [-0.3, -0.25) is 0 Å². The molecule has 0 aliphatic heterocycles. The summed E-state index contributed by atoms with van der Waals surface area (Å²) >= 11 is 0. The van der Waals surface area contributed by atoms with Crippen LogP contribution in [0.1, 0.15) is 19.3 Å². The number of carbonyl (C=O) groups is 1. The van der Waals surface area contributed by atoms with Crippen LogP contribution in [0.3, 0.4) is 0 Å². The first-order valence-electron chi connectivity index (χ1n) is 3.42. The third-order valence-corrected chi connectivity index (χ3v) is 1.75. The van der Waals surface area contributed by atoms with Crippen molar-refractivity contribution < 1.29 is 9.90 Å². The number of hydrogen-bond acceptors (Lipinski definition) is 2. The van der Waals surface area contributed by atoms with Crippen molar-refractivity contribution in [1.29, 1.82) is 0 Å². The molecule has 0 aromatic carbocycles. The first kappa shape index (κ1) is 7.34. The molecular weight excluding hydrogens is 132 g/mol. The zero-order chi connectivity index (χ0) is 7.56. The third-order valence-electron chi connectivity index (χ3n) is 1.75. The second-order valence-electron chi connectivity index (χ2n) is 2.67. The van der Waals surface area contributed by atoms with Crippen LogP contribution in [0.15, 0.2) is 0 Å². The second-order valence-corrected chi connectivity index (χ2v) is 2.67. The van der Waals surface area contributed by atoms with Crippen molar-refractivity contribution in [3.8, 4) is 0 Å². The molecule has 0 aromatic rings. The Morgan fingerprint density at radius 3 is 2.70 bits per heavy atom. The normalized spacial score (nSPS) is 32.1. The minimum atomic E-state index is -0.501. The van der Waals surface area contributed by atoms with E-state index in [9.17, 15) is 4.79 Å². The second kappa shape index (κ2) is 2.88. The van der Waals surface area contributed by atoms with Crippen LogP contribution >= 0.6 is 0 Å². The van der Waals surface area contributed by atoms with Gasteiger partial charge >= 0.3 is 6.03 Å². The SMILES string of the molecule is NC(=O)NC1CCC(O)C1. The summed E-state index contributed by atoms with van der Waals surface area (Å²) in [5, 5.41) is 11.6. The van der Waals surface area contributed by atoms with Crippen LogP contribution in [0.5, 0.6) is 0 Å². The Morgan fingerprint density at radius 2 is 2.30 bits per heavy atom. The number of urea groups is 1. The van der Waals surface area contributed by atoms with Crippen molar-refractivity contribution >= 4 is 6.03 Å². The largest absolute Gasteiger partial charge is 0.393 e. The molecule has 1 aliphatic rings. The Balaban J connectivity index is 2.24. The molecule has 0 saturated heterocycles. The van der Waals surface area contributed by atoms with Gasteiger partial charge in [0.05, 0.1) is 6.10 Å². The molecule has 4 heteroatoms. The van der Waals surface area contributed by atoms with Gasteiger partial charge < -0.3 is 16.2 Å². The summed E-state index contributed by atoms with van der Waals surface area (Å²) in [5.41, 5.74) is 4.89. The maximum atomic E-state index is 10.3. The molecule has 0 bridgehead atoms. The number of aliphatic hydroxyl groups excluding tert-OH is 1. The van der Waals surface area contributed by atoms with Gasteiger partial charge in [-0.25, -0.2) is 4.79 Å². The molecule has 4 nitrogen and oxygen atoms in total. The monoisotopic (exact) mass is 144 g/mol. The molecule has 1 rings (SSSR count). The Morgan fingerprint density at radius 1 is 1.60 bits per heavy atom. The van der Waals surface area contributed by atoms with Crippen LogP contribution in [0.2, 0.25) is 0 Å². The first-order valence-corrected chi connectivity index (χ1v) is 3.42. The van der Waals surface area contributed by atoms with E-state index in [1.165, 1.54) is 0 Å². The molecule has 4 N–H and O–H groups in total. The van der Waals surface area contributed by atoms with Crippen molar-refractivity contribution in [2.24, 2.45) is 5.73 Å². The Labute approximate surface area is 59.4 Å². The lowest BCUT2D eigenvalue weighted by Crippen LogP contribution is -2.37. The van der Waals surface area contributed by atoms with E-state index >= 15 is 0 Å². The van der Waals surface area contributed by atoms with E-state index in [0.29, 0.717) is 6.42 Å². The molecule has 2 unspecified atom stereocenters. The number of rotatable bonds is 1. The van der Waals surface area contributed by atoms with E-state index in [0.717, 1.165) is 12.8 Å². The van der Waals surface area contributed by atoms with Gasteiger partial charge in [-0.05, 0) is 19.3 Å². The molecule has 2 atom stereocenters. The molecule has 1 aliphatic carbocycles. The van der Waals surface area contributed by atoms with Gasteiger partial charge in [0.15, 0.2) is 0 Å². The summed E-state index contributed by atoms with van der Waals surface area (Å²) in [7, 11) is 0. The number of nitrogens with two attached hydrogens (primary N) is 1.